The first kappa shape index (κ1) is 19.0. The van der Waals surface area contributed by atoms with Gasteiger partial charge >= 0.3 is 12.0 Å². The summed E-state index contributed by atoms with van der Waals surface area (Å²) < 4.78 is 5.68. The number of benzene rings is 2. The number of hydrogen-bond donors (Lipinski definition) is 1. The predicted octanol–water partition coefficient (Wildman–Crippen LogP) is 3.05. The van der Waals surface area contributed by atoms with Gasteiger partial charge in [-0.15, -0.1) is 0 Å². The second-order valence-electron chi connectivity index (χ2n) is 7.90. The lowest BCUT2D eigenvalue weighted by molar-refractivity contribution is -0.152. The van der Waals surface area contributed by atoms with Gasteiger partial charge in [-0.3, -0.25) is 14.6 Å². The number of nitrogens with zero attached hydrogens (tertiary/aromatic N) is 2. The Kier molecular flexibility index (Phi) is 4.33. The fourth-order valence-electron chi connectivity index (χ4n) is 3.85. The minimum atomic E-state index is -1.30. The van der Waals surface area contributed by atoms with Crippen LogP contribution >= 0.6 is 0 Å². The Balaban J connectivity index is 1.57. The van der Waals surface area contributed by atoms with Crippen molar-refractivity contribution in [2.75, 3.05) is 11.4 Å². The molecule has 1 unspecified atom stereocenters. The second-order valence-corrected chi connectivity index (χ2v) is 7.90. The van der Waals surface area contributed by atoms with Crippen LogP contribution in [0.4, 0.5) is 10.5 Å². The van der Waals surface area contributed by atoms with Crippen LogP contribution in [0.15, 0.2) is 36.4 Å². The summed E-state index contributed by atoms with van der Waals surface area (Å²) in [5.74, 6) is -0.715. The first-order valence-electron chi connectivity index (χ1n) is 9.41. The smallest absolute Gasteiger partial charge is 0.348 e. The van der Waals surface area contributed by atoms with E-state index in [1.54, 1.807) is 6.92 Å². The van der Waals surface area contributed by atoms with Crippen LogP contribution in [0.1, 0.15) is 29.2 Å². The van der Waals surface area contributed by atoms with Gasteiger partial charge in [0.05, 0.1) is 6.54 Å². The number of ether oxygens (including phenoxy) is 1. The van der Waals surface area contributed by atoms with E-state index in [0.717, 1.165) is 22.3 Å². The molecule has 2 heterocycles. The largest absolute Gasteiger partial charge is 0.478 e. The average Bonchev–Trinajstić information content (AvgIpc) is 3.15. The van der Waals surface area contributed by atoms with Gasteiger partial charge in [0.1, 0.15) is 12.3 Å². The molecule has 2 aromatic carbocycles. The Bertz CT molecular complexity index is 1030. The van der Waals surface area contributed by atoms with E-state index < -0.39 is 11.6 Å². The summed E-state index contributed by atoms with van der Waals surface area (Å²) in [7, 11) is 0. The molecule has 1 fully saturated rings. The van der Waals surface area contributed by atoms with Gasteiger partial charge in [0.2, 0.25) is 5.60 Å². The highest BCUT2D eigenvalue weighted by atomic mass is 16.5. The second kappa shape index (κ2) is 6.62. The highest BCUT2D eigenvalue weighted by Crippen LogP contribution is 2.39. The van der Waals surface area contributed by atoms with Crippen molar-refractivity contribution in [1.82, 2.24) is 4.90 Å². The van der Waals surface area contributed by atoms with Gasteiger partial charge in [-0.05, 0) is 49.6 Å². The van der Waals surface area contributed by atoms with Crippen molar-refractivity contribution in [3.8, 4) is 5.75 Å². The number of urea groups is 1. The van der Waals surface area contributed by atoms with Crippen molar-refractivity contribution < 1.29 is 24.2 Å². The number of imide groups is 1. The number of hydrogen-bond acceptors (Lipinski definition) is 4. The molecule has 150 valence electrons. The monoisotopic (exact) mass is 394 g/mol. The van der Waals surface area contributed by atoms with Crippen LogP contribution in [0, 0.1) is 13.8 Å². The van der Waals surface area contributed by atoms with Crippen LogP contribution in [0.2, 0.25) is 0 Å². The van der Waals surface area contributed by atoms with E-state index >= 15 is 0 Å². The van der Waals surface area contributed by atoms with Crippen molar-refractivity contribution in [3.63, 3.8) is 0 Å². The van der Waals surface area contributed by atoms with E-state index in [2.05, 4.69) is 0 Å². The number of rotatable bonds is 4. The van der Waals surface area contributed by atoms with Gasteiger partial charge in [-0.25, -0.2) is 9.59 Å². The summed E-state index contributed by atoms with van der Waals surface area (Å²) in [5, 5.41) is 9.43. The van der Waals surface area contributed by atoms with Crippen LogP contribution in [0.25, 0.3) is 0 Å². The van der Waals surface area contributed by atoms with Gasteiger partial charge in [0.25, 0.3) is 5.91 Å². The molecule has 1 N–H and O–H groups in total. The van der Waals surface area contributed by atoms with Crippen LogP contribution in [0.3, 0.4) is 0 Å². The summed E-state index contributed by atoms with van der Waals surface area (Å²) in [5.41, 5.74) is 2.80. The summed E-state index contributed by atoms with van der Waals surface area (Å²) in [4.78, 5) is 39.6. The minimum Gasteiger partial charge on any atom is -0.478 e. The van der Waals surface area contributed by atoms with E-state index in [1.807, 2.05) is 50.2 Å². The Morgan fingerprint density at radius 1 is 1.17 bits per heavy atom. The zero-order valence-electron chi connectivity index (χ0n) is 16.6. The zero-order valence-corrected chi connectivity index (χ0v) is 16.6. The maximum Gasteiger partial charge on any atom is 0.348 e. The Hall–Kier alpha value is -3.35. The number of carboxylic acid groups (broad SMARTS) is 1. The highest BCUT2D eigenvalue weighted by molar-refractivity contribution is 6.12. The zero-order chi connectivity index (χ0) is 20.9. The number of carbonyl (C=O) groups is 3. The molecular weight excluding hydrogens is 372 g/mol. The molecule has 0 aromatic heterocycles. The van der Waals surface area contributed by atoms with Gasteiger partial charge in [0, 0.05) is 12.1 Å². The van der Waals surface area contributed by atoms with Crippen LogP contribution < -0.4 is 9.64 Å². The Morgan fingerprint density at radius 2 is 1.86 bits per heavy atom. The van der Waals surface area contributed by atoms with Gasteiger partial charge in [-0.1, -0.05) is 29.8 Å². The third-order valence-corrected chi connectivity index (χ3v) is 5.46. The molecule has 7 nitrogen and oxygen atoms in total. The quantitative estimate of drug-likeness (QED) is 0.806. The molecular formula is C22H22N2O5. The third-order valence-electron chi connectivity index (χ3n) is 5.46. The SMILES string of the molecule is Cc1ccc(N2CC(=O)N(Cc3cc(C)c4c(c3)CC(C)(C(=O)O)O4)C2=O)cc1. The number of fused-ring (bicyclic) bond motifs is 1. The van der Waals surface area contributed by atoms with E-state index in [9.17, 15) is 19.5 Å². The van der Waals surface area contributed by atoms with Crippen LogP contribution in [-0.2, 0) is 22.6 Å². The summed E-state index contributed by atoms with van der Waals surface area (Å²) >= 11 is 0. The lowest BCUT2D eigenvalue weighted by Crippen LogP contribution is -2.39. The molecule has 0 saturated carbocycles. The molecule has 2 aliphatic rings. The van der Waals surface area contributed by atoms with Crippen molar-refractivity contribution in [2.24, 2.45) is 0 Å². The van der Waals surface area contributed by atoms with Crippen molar-refractivity contribution in [1.29, 1.82) is 0 Å². The summed E-state index contributed by atoms with van der Waals surface area (Å²) in [6.45, 7) is 5.48. The third kappa shape index (κ3) is 3.22. The molecule has 0 spiro atoms. The molecule has 29 heavy (non-hydrogen) atoms. The standard InChI is InChI=1S/C22H22N2O5/c1-13-4-6-17(7-5-13)23-12-18(25)24(21(23)28)11-15-8-14(2)19-16(9-15)10-22(3,29-19)20(26)27/h4-9H,10-12H2,1-3H3,(H,26,27). The molecule has 4 rings (SSSR count). The summed E-state index contributed by atoms with van der Waals surface area (Å²) in [6, 6.07) is 10.8. The van der Waals surface area contributed by atoms with Crippen LogP contribution in [0.5, 0.6) is 5.75 Å². The molecule has 0 bridgehead atoms. The minimum absolute atomic E-state index is 0.00597. The molecule has 2 aliphatic heterocycles. The molecule has 0 radical (unpaired) electrons. The van der Waals surface area contributed by atoms with E-state index in [4.69, 9.17) is 4.74 Å². The topological polar surface area (TPSA) is 87.2 Å². The predicted molar refractivity (Wildman–Crippen MR) is 106 cm³/mol. The van der Waals surface area contributed by atoms with Crippen molar-refractivity contribution >= 4 is 23.6 Å². The van der Waals surface area contributed by atoms with Gasteiger partial charge in [0.15, 0.2) is 0 Å². The molecule has 1 saturated heterocycles. The Morgan fingerprint density at radius 3 is 2.52 bits per heavy atom. The number of amides is 3. The fraction of sp³-hybridized carbons (Fsp3) is 0.318. The lowest BCUT2D eigenvalue weighted by atomic mass is 9.97. The van der Waals surface area contributed by atoms with E-state index in [0.29, 0.717) is 11.4 Å². The molecule has 3 amide bonds. The maximum atomic E-state index is 12.8. The number of aliphatic carboxylic acids is 1. The first-order valence-corrected chi connectivity index (χ1v) is 9.41. The highest BCUT2D eigenvalue weighted by Gasteiger charge is 2.43. The molecule has 2 aromatic rings. The van der Waals surface area contributed by atoms with Crippen LogP contribution in [-0.4, -0.2) is 40.1 Å². The molecule has 1 atom stereocenters. The maximum absolute atomic E-state index is 12.8. The lowest BCUT2D eigenvalue weighted by Gasteiger charge is -2.18. The van der Waals surface area contributed by atoms with Crippen molar-refractivity contribution in [2.45, 2.75) is 39.3 Å². The molecule has 7 heteroatoms. The molecule has 0 aliphatic carbocycles. The van der Waals surface area contributed by atoms with E-state index in [-0.39, 0.29) is 31.4 Å². The normalized spacial score (nSPS) is 20.8. The van der Waals surface area contributed by atoms with Gasteiger partial charge < -0.3 is 9.84 Å². The number of aryl methyl sites for hydroxylation is 2. The fourth-order valence-corrected chi connectivity index (χ4v) is 3.85. The number of carbonyl (C=O) groups excluding carboxylic acids is 2. The first-order chi connectivity index (χ1) is 13.7. The summed E-state index contributed by atoms with van der Waals surface area (Å²) in [6.07, 6.45) is 0.240. The Labute approximate surface area is 168 Å². The average molecular weight is 394 g/mol. The number of anilines is 1. The van der Waals surface area contributed by atoms with Crippen molar-refractivity contribution in [3.05, 3.63) is 58.7 Å². The number of carboxylic acids is 1. The van der Waals surface area contributed by atoms with E-state index in [1.165, 1.54) is 9.80 Å². The van der Waals surface area contributed by atoms with Gasteiger partial charge in [-0.2, -0.15) is 0 Å².